The van der Waals surface area contributed by atoms with Crippen LogP contribution in [0.3, 0.4) is 0 Å². The Morgan fingerprint density at radius 1 is 1.25 bits per heavy atom. The van der Waals surface area contributed by atoms with E-state index in [9.17, 15) is 23.5 Å². The highest BCUT2D eigenvalue weighted by atomic mass is 19.1. The maximum Gasteiger partial charge on any atom is 0.220 e. The molecule has 5 nitrogen and oxygen atoms in total. The summed E-state index contributed by atoms with van der Waals surface area (Å²) in [6.45, 7) is 1.38. The molecule has 0 radical (unpaired) electrons. The van der Waals surface area contributed by atoms with Crippen molar-refractivity contribution in [1.82, 2.24) is 5.32 Å². The number of hydrogen-bond acceptors (Lipinski definition) is 4. The lowest BCUT2D eigenvalue weighted by Gasteiger charge is -2.21. The Labute approximate surface area is 137 Å². The van der Waals surface area contributed by atoms with Crippen molar-refractivity contribution in [3.8, 4) is 0 Å². The van der Waals surface area contributed by atoms with Crippen LogP contribution in [-0.4, -0.2) is 23.3 Å². The van der Waals surface area contributed by atoms with Crippen LogP contribution in [0, 0.1) is 11.6 Å². The molecule has 2 aromatic rings. The van der Waals surface area contributed by atoms with Gasteiger partial charge >= 0.3 is 0 Å². The maximum absolute atomic E-state index is 13.5. The lowest BCUT2D eigenvalue weighted by molar-refractivity contribution is -0.122. The zero-order valence-electron chi connectivity index (χ0n) is 13.0. The number of ketones is 1. The van der Waals surface area contributed by atoms with Gasteiger partial charge in [-0.2, -0.15) is 0 Å². The van der Waals surface area contributed by atoms with Crippen molar-refractivity contribution in [2.24, 2.45) is 0 Å². The maximum atomic E-state index is 13.5. The number of benzene rings is 1. The third-order valence-corrected chi connectivity index (χ3v) is 3.49. The normalized spacial score (nSPS) is 13.3. The fraction of sp³-hybridized carbons (Fsp3) is 0.294. The standard InChI is InChI=1S/C17H17F2NO4/c1-17(23,15-3-2-8-24-15)10-20-16(22)7-6-14(21)12-5-4-11(18)9-13(12)19/h2-5,8-9,23H,6-7,10H2,1H3,(H,20,22). The highest BCUT2D eigenvalue weighted by molar-refractivity contribution is 5.98. The second-order valence-corrected chi connectivity index (χ2v) is 5.58. The molecule has 1 amide bonds. The van der Waals surface area contributed by atoms with Gasteiger partial charge in [0.25, 0.3) is 0 Å². The zero-order chi connectivity index (χ0) is 17.7. The Morgan fingerprint density at radius 3 is 2.62 bits per heavy atom. The van der Waals surface area contributed by atoms with E-state index < -0.39 is 28.9 Å². The second-order valence-electron chi connectivity index (χ2n) is 5.58. The van der Waals surface area contributed by atoms with Crippen LogP contribution in [0.4, 0.5) is 8.78 Å². The van der Waals surface area contributed by atoms with Crippen LogP contribution in [0.25, 0.3) is 0 Å². The molecule has 1 aromatic carbocycles. The first-order valence-corrected chi connectivity index (χ1v) is 7.31. The monoisotopic (exact) mass is 337 g/mol. The minimum Gasteiger partial charge on any atom is -0.466 e. The molecule has 24 heavy (non-hydrogen) atoms. The molecule has 128 valence electrons. The Bertz CT molecular complexity index is 726. The molecule has 2 N–H and O–H groups in total. The summed E-state index contributed by atoms with van der Waals surface area (Å²) in [4.78, 5) is 23.6. The molecule has 0 aliphatic heterocycles. The Morgan fingerprint density at radius 2 is 2.00 bits per heavy atom. The summed E-state index contributed by atoms with van der Waals surface area (Å²) in [5, 5.41) is 12.7. The number of carbonyl (C=O) groups is 2. The average Bonchev–Trinajstić information content (AvgIpc) is 3.06. The topological polar surface area (TPSA) is 79.5 Å². The van der Waals surface area contributed by atoms with E-state index in [2.05, 4.69) is 5.32 Å². The van der Waals surface area contributed by atoms with Gasteiger partial charge in [-0.3, -0.25) is 9.59 Å². The van der Waals surface area contributed by atoms with Gasteiger partial charge in [-0.1, -0.05) is 0 Å². The van der Waals surface area contributed by atoms with E-state index in [1.165, 1.54) is 13.2 Å². The van der Waals surface area contributed by atoms with Gasteiger partial charge in [-0.05, 0) is 31.2 Å². The van der Waals surface area contributed by atoms with Crippen molar-refractivity contribution in [2.45, 2.75) is 25.4 Å². The zero-order valence-corrected chi connectivity index (χ0v) is 13.0. The largest absolute Gasteiger partial charge is 0.466 e. The van der Waals surface area contributed by atoms with Crippen LogP contribution in [-0.2, 0) is 10.4 Å². The number of aliphatic hydroxyl groups is 1. The van der Waals surface area contributed by atoms with E-state index in [4.69, 9.17) is 4.42 Å². The van der Waals surface area contributed by atoms with E-state index in [-0.39, 0.29) is 24.9 Å². The lowest BCUT2D eigenvalue weighted by atomic mass is 10.0. The van der Waals surface area contributed by atoms with Crippen LogP contribution < -0.4 is 5.32 Å². The molecule has 0 spiro atoms. The summed E-state index contributed by atoms with van der Waals surface area (Å²) >= 11 is 0. The number of halogens is 2. The number of rotatable bonds is 7. The van der Waals surface area contributed by atoms with Crippen LogP contribution >= 0.6 is 0 Å². The number of furan rings is 1. The first-order valence-electron chi connectivity index (χ1n) is 7.31. The van der Waals surface area contributed by atoms with Crippen molar-refractivity contribution < 1.29 is 27.9 Å². The van der Waals surface area contributed by atoms with Crippen molar-refractivity contribution in [3.05, 3.63) is 59.6 Å². The third-order valence-electron chi connectivity index (χ3n) is 3.49. The van der Waals surface area contributed by atoms with Gasteiger partial charge in [0.2, 0.25) is 5.91 Å². The smallest absolute Gasteiger partial charge is 0.220 e. The fourth-order valence-electron chi connectivity index (χ4n) is 2.11. The van der Waals surface area contributed by atoms with Gasteiger partial charge in [0, 0.05) is 18.9 Å². The molecule has 0 aliphatic carbocycles. The SMILES string of the molecule is CC(O)(CNC(=O)CCC(=O)c1ccc(F)cc1F)c1ccco1. The average molecular weight is 337 g/mol. The van der Waals surface area contributed by atoms with E-state index in [1.54, 1.807) is 12.1 Å². The van der Waals surface area contributed by atoms with Gasteiger partial charge in [0.05, 0.1) is 18.4 Å². The highest BCUT2D eigenvalue weighted by Gasteiger charge is 2.26. The minimum atomic E-state index is -1.38. The van der Waals surface area contributed by atoms with Gasteiger partial charge < -0.3 is 14.8 Å². The molecule has 0 aliphatic rings. The fourth-order valence-corrected chi connectivity index (χ4v) is 2.11. The number of carbonyl (C=O) groups excluding carboxylic acids is 2. The molecule has 1 unspecified atom stereocenters. The molecule has 0 saturated heterocycles. The van der Waals surface area contributed by atoms with Gasteiger partial charge in [0.1, 0.15) is 23.0 Å². The second kappa shape index (κ2) is 7.35. The number of amides is 1. The van der Waals surface area contributed by atoms with E-state index >= 15 is 0 Å². The van der Waals surface area contributed by atoms with Crippen molar-refractivity contribution in [2.75, 3.05) is 6.54 Å². The molecule has 1 heterocycles. The number of nitrogens with one attached hydrogen (secondary N) is 1. The van der Waals surface area contributed by atoms with Crippen LogP contribution in [0.1, 0.15) is 35.9 Å². The molecular formula is C17H17F2NO4. The molecule has 0 saturated carbocycles. The predicted molar refractivity (Wildman–Crippen MR) is 81.2 cm³/mol. The summed E-state index contributed by atoms with van der Waals surface area (Å²) < 4.78 is 31.4. The Balaban J connectivity index is 1.84. The van der Waals surface area contributed by atoms with Crippen molar-refractivity contribution in [3.63, 3.8) is 0 Å². The quantitative estimate of drug-likeness (QED) is 0.761. The molecular weight excluding hydrogens is 320 g/mol. The molecule has 1 atom stereocenters. The summed E-state index contributed by atoms with van der Waals surface area (Å²) in [7, 11) is 0. The predicted octanol–water partition coefficient (Wildman–Crippen LogP) is 2.54. The third kappa shape index (κ3) is 4.48. The summed E-state index contributed by atoms with van der Waals surface area (Å²) in [6, 6.07) is 5.84. The first kappa shape index (κ1) is 17.8. The van der Waals surface area contributed by atoms with Gasteiger partial charge in [-0.15, -0.1) is 0 Å². The van der Waals surface area contributed by atoms with E-state index in [1.807, 2.05) is 0 Å². The number of hydrogen-bond donors (Lipinski definition) is 2. The summed E-state index contributed by atoms with van der Waals surface area (Å²) in [6.07, 6.45) is 1.00. The molecule has 0 bridgehead atoms. The molecule has 7 heteroatoms. The summed E-state index contributed by atoms with van der Waals surface area (Å²) in [5.41, 5.74) is -1.64. The Kier molecular flexibility index (Phi) is 5.46. The Hall–Kier alpha value is -2.54. The number of Topliss-reactive ketones (excluding diaryl/α,β-unsaturated/α-hetero) is 1. The van der Waals surface area contributed by atoms with E-state index in [0.29, 0.717) is 11.8 Å². The van der Waals surface area contributed by atoms with Crippen LogP contribution in [0.2, 0.25) is 0 Å². The minimum absolute atomic E-state index is 0.0988. The van der Waals surface area contributed by atoms with Crippen LogP contribution in [0.15, 0.2) is 41.0 Å². The van der Waals surface area contributed by atoms with Crippen molar-refractivity contribution in [1.29, 1.82) is 0 Å². The molecule has 0 fully saturated rings. The first-order chi connectivity index (χ1) is 11.3. The van der Waals surface area contributed by atoms with Crippen molar-refractivity contribution >= 4 is 11.7 Å². The lowest BCUT2D eigenvalue weighted by Crippen LogP contribution is -2.38. The summed E-state index contributed by atoms with van der Waals surface area (Å²) in [5.74, 6) is -2.51. The molecule has 1 aromatic heterocycles. The van der Waals surface area contributed by atoms with E-state index in [0.717, 1.165) is 12.1 Å². The van der Waals surface area contributed by atoms with Crippen LogP contribution in [0.5, 0.6) is 0 Å². The van der Waals surface area contributed by atoms with Gasteiger partial charge in [-0.25, -0.2) is 8.78 Å². The molecule has 2 rings (SSSR count). The highest BCUT2D eigenvalue weighted by Crippen LogP contribution is 2.20. The van der Waals surface area contributed by atoms with Gasteiger partial charge in [0.15, 0.2) is 5.78 Å².